The molecule has 2 N–H and O–H groups in total. The van der Waals surface area contributed by atoms with Crippen LogP contribution in [0.5, 0.6) is 11.5 Å². The maximum atomic E-state index is 12.7. The van der Waals surface area contributed by atoms with Crippen LogP contribution in [0, 0.1) is 10.1 Å². The highest BCUT2D eigenvalue weighted by molar-refractivity contribution is 7.93. The van der Waals surface area contributed by atoms with Gasteiger partial charge < -0.3 is 19.7 Å². The first-order valence-corrected chi connectivity index (χ1v) is 17.1. The molecule has 0 atom stereocenters. The Bertz CT molecular complexity index is 1930. The molecule has 0 bridgehead atoms. The zero-order chi connectivity index (χ0) is 32.8. The Morgan fingerprint density at radius 3 is 2.43 bits per heavy atom. The van der Waals surface area contributed by atoms with Crippen molar-refractivity contribution in [2.24, 2.45) is 0 Å². The molecular weight excluding hydrogens is 645 g/mol. The van der Waals surface area contributed by atoms with Crippen molar-refractivity contribution in [1.29, 1.82) is 0 Å². The number of hydrogen-bond donors (Lipinski definition) is 2. The lowest BCUT2D eigenvalue weighted by Gasteiger charge is -2.36. The molecule has 0 unspecified atom stereocenters. The molecule has 0 aliphatic carbocycles. The van der Waals surface area contributed by atoms with E-state index >= 15 is 0 Å². The van der Waals surface area contributed by atoms with Gasteiger partial charge in [0, 0.05) is 79.3 Å². The number of methoxy groups -OCH3 is 1. The molecule has 1 aliphatic heterocycles. The number of anilines is 4. The largest absolute Gasteiger partial charge is 0.493 e. The van der Waals surface area contributed by atoms with Gasteiger partial charge >= 0.3 is 0 Å². The summed E-state index contributed by atoms with van der Waals surface area (Å²) >= 11 is 1.20. The highest BCUT2D eigenvalue weighted by Crippen LogP contribution is 2.35. The summed E-state index contributed by atoms with van der Waals surface area (Å²) in [5.74, 6) is 1.65. The first kappa shape index (κ1) is 31.9. The van der Waals surface area contributed by atoms with E-state index < -0.39 is 10.0 Å². The van der Waals surface area contributed by atoms with Crippen molar-refractivity contribution >= 4 is 60.3 Å². The molecule has 2 aromatic heterocycles. The number of benzene rings is 3. The predicted octanol–water partition coefficient (Wildman–Crippen LogP) is 5.14. The van der Waals surface area contributed by atoms with E-state index in [1.165, 1.54) is 36.0 Å². The van der Waals surface area contributed by atoms with E-state index in [-0.39, 0.29) is 15.5 Å². The van der Waals surface area contributed by atoms with Crippen molar-refractivity contribution in [3.8, 4) is 11.5 Å². The number of non-ortho nitro benzene ring substituents is 1. The van der Waals surface area contributed by atoms with Gasteiger partial charge in [0.05, 0.1) is 29.1 Å². The van der Waals surface area contributed by atoms with Gasteiger partial charge in [-0.3, -0.25) is 19.7 Å². The van der Waals surface area contributed by atoms with E-state index in [1.54, 1.807) is 55.0 Å². The topological polar surface area (TPSA) is 165 Å². The van der Waals surface area contributed by atoms with Gasteiger partial charge in [0.15, 0.2) is 16.6 Å². The molecule has 0 amide bonds. The summed E-state index contributed by atoms with van der Waals surface area (Å²) in [4.78, 5) is 28.1. The van der Waals surface area contributed by atoms with Crippen LogP contribution < -0.4 is 24.4 Å². The number of piperazine rings is 1. The molecule has 0 radical (unpaired) electrons. The fourth-order valence-electron chi connectivity index (χ4n) is 5.22. The number of hydrogen-bond acceptors (Lipinski definition) is 13. The van der Waals surface area contributed by atoms with E-state index in [0.29, 0.717) is 45.6 Å². The first-order chi connectivity index (χ1) is 22.8. The number of nitro benzene ring substituents is 1. The molecule has 1 saturated heterocycles. The lowest BCUT2D eigenvalue weighted by atomic mass is 10.2. The summed E-state index contributed by atoms with van der Waals surface area (Å²) in [7, 11) is -2.19. The minimum absolute atomic E-state index is 0.0944. The average Bonchev–Trinajstić information content (AvgIpc) is 3.59. The highest BCUT2D eigenvalue weighted by atomic mass is 32.2. The lowest BCUT2D eigenvalue weighted by molar-refractivity contribution is -0.384. The molecule has 0 saturated carbocycles. The van der Waals surface area contributed by atoms with Crippen LogP contribution >= 0.6 is 11.3 Å². The van der Waals surface area contributed by atoms with Crippen molar-refractivity contribution in [3.05, 3.63) is 88.7 Å². The number of fused-ring (bicyclic) bond motifs is 1. The van der Waals surface area contributed by atoms with Crippen molar-refractivity contribution in [2.45, 2.75) is 11.3 Å². The number of nitrogens with zero attached hydrogens (tertiary/aromatic N) is 6. The van der Waals surface area contributed by atoms with Crippen LogP contribution in [0.1, 0.15) is 6.42 Å². The van der Waals surface area contributed by atoms with Crippen LogP contribution in [0.4, 0.5) is 28.0 Å². The number of rotatable bonds is 13. The monoisotopic (exact) mass is 676 g/mol. The first-order valence-electron chi connectivity index (χ1n) is 14.8. The van der Waals surface area contributed by atoms with Gasteiger partial charge in [-0.15, -0.1) is 11.3 Å². The Kier molecular flexibility index (Phi) is 9.60. The molecule has 3 heterocycles. The van der Waals surface area contributed by atoms with Crippen LogP contribution in [0.25, 0.3) is 10.9 Å². The van der Waals surface area contributed by atoms with Crippen LogP contribution in [0.15, 0.2) is 83.5 Å². The predicted molar refractivity (Wildman–Crippen MR) is 181 cm³/mol. The van der Waals surface area contributed by atoms with Gasteiger partial charge in [-0.05, 0) is 48.9 Å². The normalized spacial score (nSPS) is 13.8. The Hall–Kier alpha value is -5.06. The van der Waals surface area contributed by atoms with E-state index in [4.69, 9.17) is 9.47 Å². The summed E-state index contributed by atoms with van der Waals surface area (Å²) in [6.45, 7) is 4.80. The number of ether oxygens (including phenoxy) is 2. The SMILES string of the molecule is COc1cc2ncnc(Nc3ccc(S(=O)(=O)Nc4nccs4)cc3)c2cc1OCCCN1CCN(c2ccc([N+](=O)[O-])cc2)CC1. The summed E-state index contributed by atoms with van der Waals surface area (Å²) in [6.07, 6.45) is 3.79. The standard InChI is InChI=1S/C31H32N8O6S2/c1-44-28-20-27-26(30(34-21-33-27)35-22-3-9-25(10-4-22)47(42,43)36-31-32-11-18-46-31)19-29(28)45-17-2-12-37-13-15-38(16-14-37)23-5-7-24(8-6-23)39(40)41/h3-11,18-21H,2,12-17H2,1H3,(H,32,36)(H,33,34,35). The second kappa shape index (κ2) is 14.1. The van der Waals surface area contributed by atoms with E-state index in [9.17, 15) is 18.5 Å². The van der Waals surface area contributed by atoms with Crippen LogP contribution in [-0.2, 0) is 10.0 Å². The minimum atomic E-state index is -3.77. The third kappa shape index (κ3) is 7.67. The Morgan fingerprint density at radius 2 is 1.74 bits per heavy atom. The number of sulfonamides is 1. The van der Waals surface area contributed by atoms with Crippen LogP contribution in [0.3, 0.4) is 0 Å². The number of nitro groups is 1. The van der Waals surface area contributed by atoms with E-state index in [1.807, 2.05) is 6.07 Å². The summed E-state index contributed by atoms with van der Waals surface area (Å²) in [5, 5.41) is 16.9. The van der Waals surface area contributed by atoms with E-state index in [2.05, 4.69) is 34.8 Å². The number of thiazole rings is 1. The Labute approximate surface area is 275 Å². The number of aromatic nitrogens is 3. The second-order valence-electron chi connectivity index (χ2n) is 10.6. The summed E-state index contributed by atoms with van der Waals surface area (Å²) < 4.78 is 39.6. The third-order valence-electron chi connectivity index (χ3n) is 7.68. The Morgan fingerprint density at radius 1 is 0.979 bits per heavy atom. The molecule has 0 spiro atoms. The highest BCUT2D eigenvalue weighted by Gasteiger charge is 2.19. The fraction of sp³-hybridized carbons (Fsp3) is 0.258. The van der Waals surface area contributed by atoms with Crippen molar-refractivity contribution in [3.63, 3.8) is 0 Å². The van der Waals surface area contributed by atoms with Crippen LogP contribution in [-0.4, -0.2) is 79.6 Å². The molecule has 1 aliphatic rings. The van der Waals surface area contributed by atoms with E-state index in [0.717, 1.165) is 44.8 Å². The molecular formula is C31H32N8O6S2. The smallest absolute Gasteiger partial charge is 0.269 e. The van der Waals surface area contributed by atoms with Gasteiger partial charge in [-0.2, -0.15) is 0 Å². The maximum Gasteiger partial charge on any atom is 0.269 e. The summed E-state index contributed by atoms with van der Waals surface area (Å²) in [6, 6.07) is 16.7. The fourth-order valence-corrected chi connectivity index (χ4v) is 7.01. The average molecular weight is 677 g/mol. The molecule has 6 rings (SSSR count). The van der Waals surface area contributed by atoms with Gasteiger partial charge in [0.2, 0.25) is 0 Å². The molecule has 14 nitrogen and oxygen atoms in total. The van der Waals surface area contributed by atoms with Gasteiger partial charge in [-0.1, -0.05) is 0 Å². The molecule has 3 aromatic carbocycles. The zero-order valence-electron chi connectivity index (χ0n) is 25.4. The van der Waals surface area contributed by atoms with Gasteiger partial charge in [0.1, 0.15) is 12.1 Å². The quantitative estimate of drug-likeness (QED) is 0.0960. The molecule has 47 heavy (non-hydrogen) atoms. The summed E-state index contributed by atoms with van der Waals surface area (Å²) in [5.41, 5.74) is 2.39. The molecule has 5 aromatic rings. The molecule has 1 fully saturated rings. The minimum Gasteiger partial charge on any atom is -0.493 e. The van der Waals surface area contributed by atoms with Crippen molar-refractivity contribution < 1.29 is 22.8 Å². The van der Waals surface area contributed by atoms with Crippen molar-refractivity contribution in [2.75, 3.05) is 61.4 Å². The maximum absolute atomic E-state index is 12.7. The third-order valence-corrected chi connectivity index (χ3v) is 9.85. The Balaban J connectivity index is 1.05. The number of nitrogens with one attached hydrogen (secondary N) is 2. The second-order valence-corrected chi connectivity index (χ2v) is 13.2. The van der Waals surface area contributed by atoms with Crippen LogP contribution in [0.2, 0.25) is 0 Å². The van der Waals surface area contributed by atoms with Gasteiger partial charge in [-0.25, -0.2) is 23.4 Å². The molecule has 244 valence electrons. The zero-order valence-corrected chi connectivity index (χ0v) is 27.0. The lowest BCUT2D eigenvalue weighted by Crippen LogP contribution is -2.46. The molecule has 16 heteroatoms. The van der Waals surface area contributed by atoms with Gasteiger partial charge in [0.25, 0.3) is 15.7 Å². The van der Waals surface area contributed by atoms with Crippen molar-refractivity contribution in [1.82, 2.24) is 19.9 Å².